The second-order valence-electron chi connectivity index (χ2n) is 10.5. The fraction of sp³-hybridized carbons (Fsp3) is 0.344. The van der Waals surface area contributed by atoms with E-state index in [-0.39, 0.29) is 11.8 Å². The van der Waals surface area contributed by atoms with Gasteiger partial charge < -0.3 is 14.2 Å². The Morgan fingerprint density at radius 1 is 0.737 bits per heavy atom. The average Bonchev–Trinajstić information content (AvgIpc) is 3.11. The van der Waals surface area contributed by atoms with Gasteiger partial charge in [-0.3, -0.25) is 9.59 Å². The Labute approximate surface area is 223 Å². The lowest BCUT2D eigenvalue weighted by Crippen LogP contribution is -2.32. The van der Waals surface area contributed by atoms with Crippen LogP contribution in [-0.2, 0) is 19.9 Å². The molecule has 1 aliphatic heterocycles. The number of carbonyl (C=O) groups excluding carboxylic acids is 3. The zero-order valence-corrected chi connectivity index (χ0v) is 23.2. The van der Waals surface area contributed by atoms with Crippen LogP contribution in [0.15, 0.2) is 48.5 Å². The highest BCUT2D eigenvalue weighted by molar-refractivity contribution is 5.96. The van der Waals surface area contributed by atoms with E-state index < -0.39 is 23.5 Å². The predicted molar refractivity (Wildman–Crippen MR) is 145 cm³/mol. The maximum absolute atomic E-state index is 13.4. The van der Waals surface area contributed by atoms with Crippen molar-refractivity contribution in [3.63, 3.8) is 0 Å². The number of esters is 3. The van der Waals surface area contributed by atoms with Crippen molar-refractivity contribution in [2.24, 2.45) is 0 Å². The SMILES string of the molecule is CC(=O)Oc1cc(C)c(C2(c3cc(C(C)C)c(OC(C)=O)cc3C)OC(=O)c3ccccc32)cc1C(C)C. The van der Waals surface area contributed by atoms with Crippen molar-refractivity contribution < 1.29 is 28.6 Å². The first kappa shape index (κ1) is 27.1. The van der Waals surface area contributed by atoms with E-state index >= 15 is 0 Å². The van der Waals surface area contributed by atoms with E-state index in [0.29, 0.717) is 17.1 Å². The van der Waals surface area contributed by atoms with Crippen LogP contribution in [0.2, 0.25) is 0 Å². The number of hydrogen-bond acceptors (Lipinski definition) is 6. The lowest BCUT2D eigenvalue weighted by Gasteiger charge is -2.34. The smallest absolute Gasteiger partial charge is 0.340 e. The van der Waals surface area contributed by atoms with Gasteiger partial charge in [-0.1, -0.05) is 45.9 Å². The molecule has 38 heavy (non-hydrogen) atoms. The third kappa shape index (κ3) is 4.60. The molecule has 0 spiro atoms. The lowest BCUT2D eigenvalue weighted by atomic mass is 9.74. The van der Waals surface area contributed by atoms with Crippen LogP contribution in [0.25, 0.3) is 0 Å². The summed E-state index contributed by atoms with van der Waals surface area (Å²) in [6.45, 7) is 14.7. The molecule has 0 fully saturated rings. The number of fused-ring (bicyclic) bond motifs is 1. The Balaban J connectivity index is 2.12. The fourth-order valence-electron chi connectivity index (χ4n) is 5.31. The largest absolute Gasteiger partial charge is 0.441 e. The maximum Gasteiger partial charge on any atom is 0.340 e. The van der Waals surface area contributed by atoms with Crippen molar-refractivity contribution in [2.75, 3.05) is 0 Å². The summed E-state index contributed by atoms with van der Waals surface area (Å²) < 4.78 is 17.5. The first-order valence-electron chi connectivity index (χ1n) is 12.9. The molecule has 0 atom stereocenters. The Morgan fingerprint density at radius 2 is 1.18 bits per heavy atom. The van der Waals surface area contributed by atoms with E-state index in [4.69, 9.17) is 14.2 Å². The highest BCUT2D eigenvalue weighted by atomic mass is 16.6. The highest BCUT2D eigenvalue weighted by Gasteiger charge is 2.50. The Morgan fingerprint density at radius 3 is 1.61 bits per heavy atom. The van der Waals surface area contributed by atoms with E-state index in [1.165, 1.54) is 13.8 Å². The van der Waals surface area contributed by atoms with Crippen molar-refractivity contribution in [2.45, 2.75) is 72.8 Å². The molecule has 1 aliphatic rings. The summed E-state index contributed by atoms with van der Waals surface area (Å²) >= 11 is 0. The van der Waals surface area contributed by atoms with Crippen molar-refractivity contribution in [1.82, 2.24) is 0 Å². The fourth-order valence-corrected chi connectivity index (χ4v) is 5.31. The molecule has 0 N–H and O–H groups in total. The molecule has 6 nitrogen and oxygen atoms in total. The van der Waals surface area contributed by atoms with Gasteiger partial charge in [0.2, 0.25) is 0 Å². The second kappa shape index (κ2) is 10.1. The van der Waals surface area contributed by atoms with Gasteiger partial charge in [0, 0.05) is 30.5 Å². The van der Waals surface area contributed by atoms with Crippen LogP contribution in [0, 0.1) is 13.8 Å². The van der Waals surface area contributed by atoms with Gasteiger partial charge in [0.25, 0.3) is 0 Å². The quantitative estimate of drug-likeness (QED) is 0.264. The predicted octanol–water partition coefficient (Wildman–Crippen LogP) is 6.86. The van der Waals surface area contributed by atoms with Gasteiger partial charge in [0.15, 0.2) is 5.60 Å². The summed E-state index contributed by atoms with van der Waals surface area (Å²) in [7, 11) is 0. The molecule has 4 rings (SSSR count). The van der Waals surface area contributed by atoms with Gasteiger partial charge in [0.05, 0.1) is 5.56 Å². The van der Waals surface area contributed by atoms with E-state index in [9.17, 15) is 14.4 Å². The second-order valence-corrected chi connectivity index (χ2v) is 10.5. The molecule has 6 heteroatoms. The standard InChI is InChI=1S/C32H34O6/c1-17(2)24-15-27(19(5)13-29(24)36-21(7)33)32(26-12-10-9-11-23(26)31(35)38-32)28-16-25(18(3)4)30(14-20(28)6)37-22(8)34/h9-18H,1-8H3. The molecule has 3 aromatic carbocycles. The van der Waals surface area contributed by atoms with E-state index in [2.05, 4.69) is 0 Å². The Bertz CT molecular complexity index is 1370. The molecule has 1 heterocycles. The average molecular weight is 515 g/mol. The first-order valence-corrected chi connectivity index (χ1v) is 12.9. The normalized spacial score (nSPS) is 13.9. The summed E-state index contributed by atoms with van der Waals surface area (Å²) in [5.74, 6) is -0.157. The molecule has 0 radical (unpaired) electrons. The number of benzene rings is 3. The van der Waals surface area contributed by atoms with Crippen LogP contribution < -0.4 is 9.47 Å². The van der Waals surface area contributed by atoms with Crippen LogP contribution in [0.5, 0.6) is 11.5 Å². The molecular formula is C32H34O6. The van der Waals surface area contributed by atoms with Crippen molar-refractivity contribution in [3.8, 4) is 11.5 Å². The molecular weight excluding hydrogens is 480 g/mol. The van der Waals surface area contributed by atoms with Gasteiger partial charge in [-0.25, -0.2) is 4.79 Å². The van der Waals surface area contributed by atoms with Crippen LogP contribution in [0.3, 0.4) is 0 Å². The zero-order valence-electron chi connectivity index (χ0n) is 23.2. The third-order valence-corrected chi connectivity index (χ3v) is 7.00. The Kier molecular flexibility index (Phi) is 7.20. The number of hydrogen-bond donors (Lipinski definition) is 0. The van der Waals surface area contributed by atoms with Crippen LogP contribution in [0.4, 0.5) is 0 Å². The third-order valence-electron chi connectivity index (χ3n) is 7.00. The van der Waals surface area contributed by atoms with Crippen LogP contribution in [0.1, 0.15) is 103 Å². The molecule has 0 unspecified atom stereocenters. The molecule has 0 aliphatic carbocycles. The van der Waals surface area contributed by atoms with Crippen molar-refractivity contribution in [3.05, 3.63) is 93.0 Å². The monoisotopic (exact) mass is 514 g/mol. The van der Waals surface area contributed by atoms with Gasteiger partial charge in [-0.05, 0) is 78.3 Å². The minimum atomic E-state index is -1.25. The minimum Gasteiger partial charge on any atom is -0.441 e. The van der Waals surface area contributed by atoms with Gasteiger partial charge in [-0.2, -0.15) is 0 Å². The summed E-state index contributed by atoms with van der Waals surface area (Å²) in [6.07, 6.45) is 0. The van der Waals surface area contributed by atoms with Gasteiger partial charge >= 0.3 is 17.9 Å². The molecule has 0 saturated heterocycles. The number of aryl methyl sites for hydroxylation is 2. The molecule has 0 saturated carbocycles. The summed E-state index contributed by atoms with van der Waals surface area (Å²) in [5, 5.41) is 0. The number of carbonyl (C=O) groups is 3. The molecule has 3 aromatic rings. The minimum absolute atomic E-state index is 0.0340. The maximum atomic E-state index is 13.4. The van der Waals surface area contributed by atoms with Gasteiger partial charge in [0.1, 0.15) is 11.5 Å². The van der Waals surface area contributed by atoms with E-state index in [0.717, 1.165) is 38.9 Å². The van der Waals surface area contributed by atoms with Crippen molar-refractivity contribution >= 4 is 17.9 Å². The first-order chi connectivity index (χ1) is 17.9. The van der Waals surface area contributed by atoms with E-state index in [1.807, 2.05) is 84.0 Å². The topological polar surface area (TPSA) is 78.9 Å². The van der Waals surface area contributed by atoms with Gasteiger partial charge in [-0.15, -0.1) is 0 Å². The summed E-state index contributed by atoms with van der Waals surface area (Å²) in [4.78, 5) is 37.1. The summed E-state index contributed by atoms with van der Waals surface area (Å²) in [6, 6.07) is 15.1. The molecule has 198 valence electrons. The zero-order chi connectivity index (χ0) is 27.9. The van der Waals surface area contributed by atoms with E-state index in [1.54, 1.807) is 6.07 Å². The van der Waals surface area contributed by atoms with Crippen LogP contribution >= 0.6 is 0 Å². The van der Waals surface area contributed by atoms with Crippen LogP contribution in [-0.4, -0.2) is 17.9 Å². The number of cyclic esters (lactones) is 1. The number of rotatable bonds is 6. The summed E-state index contributed by atoms with van der Waals surface area (Å²) in [5.41, 5.74) is 4.84. The highest BCUT2D eigenvalue weighted by Crippen LogP contribution is 2.51. The number of ether oxygens (including phenoxy) is 3. The molecule has 0 amide bonds. The van der Waals surface area contributed by atoms with Crippen molar-refractivity contribution in [1.29, 1.82) is 0 Å². The Hall–Kier alpha value is -3.93. The lowest BCUT2D eigenvalue weighted by molar-refractivity contribution is -0.132. The molecule has 0 bridgehead atoms. The molecule has 0 aromatic heterocycles.